The molecule has 0 heterocycles. The fraction of sp³-hybridized carbons (Fsp3) is 0.667. The van der Waals surface area contributed by atoms with Crippen molar-refractivity contribution in [1.82, 2.24) is 5.32 Å². The normalized spacial score (nSPS) is 16.0. The van der Waals surface area contributed by atoms with Crippen molar-refractivity contribution in [3.8, 4) is 0 Å². The molecule has 0 radical (unpaired) electrons. The first kappa shape index (κ1) is 16.6. The SMILES string of the molecule is CCCCN(c1c(Cl)cccc1CNC1CC1)C(C)CC. The first-order chi connectivity index (χ1) is 10.2. The number of para-hydroxylation sites is 1. The third-order valence-electron chi connectivity index (χ3n) is 4.39. The van der Waals surface area contributed by atoms with Crippen molar-refractivity contribution in [2.24, 2.45) is 0 Å². The quantitative estimate of drug-likeness (QED) is 0.691. The molecule has 0 bridgehead atoms. The van der Waals surface area contributed by atoms with E-state index in [0.717, 1.165) is 30.6 Å². The van der Waals surface area contributed by atoms with Crippen LogP contribution in [0, 0.1) is 0 Å². The predicted molar refractivity (Wildman–Crippen MR) is 93.3 cm³/mol. The smallest absolute Gasteiger partial charge is 0.0643 e. The average Bonchev–Trinajstić information content (AvgIpc) is 3.31. The zero-order chi connectivity index (χ0) is 15.2. The second kappa shape index (κ2) is 8.05. The van der Waals surface area contributed by atoms with Crippen LogP contribution in [0.4, 0.5) is 5.69 Å². The molecule has 118 valence electrons. The van der Waals surface area contributed by atoms with E-state index in [1.54, 1.807) is 0 Å². The van der Waals surface area contributed by atoms with Gasteiger partial charge in [-0.05, 0) is 44.2 Å². The van der Waals surface area contributed by atoms with Crippen LogP contribution in [0.25, 0.3) is 0 Å². The summed E-state index contributed by atoms with van der Waals surface area (Å²) in [6.07, 6.45) is 6.21. The highest BCUT2D eigenvalue weighted by atomic mass is 35.5. The Bertz CT molecular complexity index is 443. The Morgan fingerprint density at radius 2 is 2.10 bits per heavy atom. The van der Waals surface area contributed by atoms with Gasteiger partial charge in [0.25, 0.3) is 0 Å². The lowest BCUT2D eigenvalue weighted by molar-refractivity contribution is 0.590. The van der Waals surface area contributed by atoms with Gasteiger partial charge in [0, 0.05) is 25.2 Å². The number of rotatable bonds is 9. The van der Waals surface area contributed by atoms with Crippen molar-refractivity contribution in [1.29, 1.82) is 0 Å². The minimum Gasteiger partial charge on any atom is -0.367 e. The molecular formula is C18H29ClN2. The summed E-state index contributed by atoms with van der Waals surface area (Å²) in [5.74, 6) is 0. The molecule has 2 rings (SSSR count). The zero-order valence-corrected chi connectivity index (χ0v) is 14.4. The maximum atomic E-state index is 6.57. The molecule has 1 aromatic rings. The van der Waals surface area contributed by atoms with Gasteiger partial charge in [0.1, 0.15) is 0 Å². The number of halogens is 1. The summed E-state index contributed by atoms with van der Waals surface area (Å²) >= 11 is 6.57. The number of unbranched alkanes of at least 4 members (excludes halogenated alkanes) is 1. The molecule has 0 aliphatic heterocycles. The number of anilines is 1. The van der Waals surface area contributed by atoms with E-state index in [1.165, 1.54) is 36.9 Å². The Morgan fingerprint density at radius 1 is 1.33 bits per heavy atom. The van der Waals surface area contributed by atoms with Crippen molar-refractivity contribution >= 4 is 17.3 Å². The van der Waals surface area contributed by atoms with Gasteiger partial charge in [-0.15, -0.1) is 0 Å². The van der Waals surface area contributed by atoms with Gasteiger partial charge in [-0.1, -0.05) is 44.0 Å². The number of benzene rings is 1. The molecule has 1 aliphatic carbocycles. The molecule has 1 aromatic carbocycles. The third-order valence-corrected chi connectivity index (χ3v) is 4.70. The molecule has 2 nitrogen and oxygen atoms in total. The molecule has 0 amide bonds. The van der Waals surface area contributed by atoms with E-state index in [4.69, 9.17) is 11.6 Å². The molecule has 0 saturated heterocycles. The maximum absolute atomic E-state index is 6.57. The summed E-state index contributed by atoms with van der Waals surface area (Å²) in [5, 5.41) is 4.51. The van der Waals surface area contributed by atoms with Crippen LogP contribution in [0.2, 0.25) is 5.02 Å². The Labute approximate surface area is 134 Å². The van der Waals surface area contributed by atoms with E-state index in [2.05, 4.69) is 43.1 Å². The molecule has 0 aromatic heterocycles. The fourth-order valence-electron chi connectivity index (χ4n) is 2.67. The van der Waals surface area contributed by atoms with Crippen molar-refractivity contribution in [3.63, 3.8) is 0 Å². The Morgan fingerprint density at radius 3 is 2.71 bits per heavy atom. The molecule has 1 N–H and O–H groups in total. The molecule has 1 fully saturated rings. The molecule has 21 heavy (non-hydrogen) atoms. The Kier molecular flexibility index (Phi) is 6.38. The first-order valence-corrected chi connectivity index (χ1v) is 8.82. The molecule has 3 heteroatoms. The average molecular weight is 309 g/mol. The van der Waals surface area contributed by atoms with Gasteiger partial charge in [0.15, 0.2) is 0 Å². The van der Waals surface area contributed by atoms with Crippen LogP contribution in [0.15, 0.2) is 18.2 Å². The van der Waals surface area contributed by atoms with Gasteiger partial charge in [-0.25, -0.2) is 0 Å². The predicted octanol–water partition coefficient (Wildman–Crippen LogP) is 5.00. The lowest BCUT2D eigenvalue weighted by atomic mass is 10.1. The fourth-order valence-corrected chi connectivity index (χ4v) is 2.97. The molecule has 1 unspecified atom stereocenters. The Hall–Kier alpha value is -0.730. The van der Waals surface area contributed by atoms with Gasteiger partial charge in [0.05, 0.1) is 10.7 Å². The molecule has 1 atom stereocenters. The number of nitrogens with zero attached hydrogens (tertiary/aromatic N) is 1. The Balaban J connectivity index is 2.22. The zero-order valence-electron chi connectivity index (χ0n) is 13.7. The number of hydrogen-bond acceptors (Lipinski definition) is 2. The van der Waals surface area contributed by atoms with Gasteiger partial charge in [-0.2, -0.15) is 0 Å². The standard InChI is InChI=1S/C18H29ClN2/c1-4-6-12-21(14(3)5-2)18-15(8-7-9-17(18)19)13-20-16-10-11-16/h7-9,14,16,20H,4-6,10-13H2,1-3H3. The van der Waals surface area contributed by atoms with Crippen LogP contribution in [0.1, 0.15) is 58.4 Å². The topological polar surface area (TPSA) is 15.3 Å². The number of nitrogens with one attached hydrogen (secondary N) is 1. The molecule has 1 aliphatic rings. The summed E-state index contributed by atoms with van der Waals surface area (Å²) in [6, 6.07) is 7.57. The second-order valence-corrected chi connectivity index (χ2v) is 6.61. The molecule has 1 saturated carbocycles. The molecular weight excluding hydrogens is 280 g/mol. The summed E-state index contributed by atoms with van der Waals surface area (Å²) in [4.78, 5) is 2.51. The third kappa shape index (κ3) is 4.62. The van der Waals surface area contributed by atoms with Crippen molar-refractivity contribution < 1.29 is 0 Å². The summed E-state index contributed by atoms with van der Waals surface area (Å²) in [6.45, 7) is 8.82. The van der Waals surface area contributed by atoms with Gasteiger partial charge >= 0.3 is 0 Å². The van der Waals surface area contributed by atoms with E-state index < -0.39 is 0 Å². The van der Waals surface area contributed by atoms with Crippen LogP contribution >= 0.6 is 11.6 Å². The lowest BCUT2D eigenvalue weighted by Gasteiger charge is -2.33. The maximum Gasteiger partial charge on any atom is 0.0643 e. The van der Waals surface area contributed by atoms with Crippen LogP contribution in [-0.2, 0) is 6.54 Å². The van der Waals surface area contributed by atoms with E-state index in [-0.39, 0.29) is 0 Å². The highest BCUT2D eigenvalue weighted by Gasteiger charge is 2.23. The minimum absolute atomic E-state index is 0.524. The molecule has 0 spiro atoms. The van der Waals surface area contributed by atoms with Gasteiger partial charge in [-0.3, -0.25) is 0 Å². The second-order valence-electron chi connectivity index (χ2n) is 6.21. The number of hydrogen-bond donors (Lipinski definition) is 1. The highest BCUT2D eigenvalue weighted by molar-refractivity contribution is 6.33. The summed E-state index contributed by atoms with van der Waals surface area (Å²) in [5.41, 5.74) is 2.58. The van der Waals surface area contributed by atoms with Gasteiger partial charge in [0.2, 0.25) is 0 Å². The summed E-state index contributed by atoms with van der Waals surface area (Å²) in [7, 11) is 0. The summed E-state index contributed by atoms with van der Waals surface area (Å²) < 4.78 is 0. The largest absolute Gasteiger partial charge is 0.367 e. The van der Waals surface area contributed by atoms with Crippen molar-refractivity contribution in [2.75, 3.05) is 11.4 Å². The van der Waals surface area contributed by atoms with Gasteiger partial charge < -0.3 is 10.2 Å². The van der Waals surface area contributed by atoms with Crippen LogP contribution in [-0.4, -0.2) is 18.6 Å². The van der Waals surface area contributed by atoms with Crippen molar-refractivity contribution in [3.05, 3.63) is 28.8 Å². The highest BCUT2D eigenvalue weighted by Crippen LogP contribution is 2.33. The monoisotopic (exact) mass is 308 g/mol. The minimum atomic E-state index is 0.524. The van der Waals surface area contributed by atoms with E-state index in [9.17, 15) is 0 Å². The van der Waals surface area contributed by atoms with E-state index in [0.29, 0.717) is 6.04 Å². The first-order valence-electron chi connectivity index (χ1n) is 8.44. The van der Waals surface area contributed by atoms with E-state index >= 15 is 0 Å². The van der Waals surface area contributed by atoms with Crippen LogP contribution in [0.3, 0.4) is 0 Å². The van der Waals surface area contributed by atoms with E-state index in [1.807, 2.05) is 6.07 Å². The lowest BCUT2D eigenvalue weighted by Crippen LogP contribution is -2.35. The van der Waals surface area contributed by atoms with Crippen LogP contribution < -0.4 is 10.2 Å². The van der Waals surface area contributed by atoms with Crippen molar-refractivity contribution in [2.45, 2.75) is 71.5 Å². The van der Waals surface area contributed by atoms with Crippen LogP contribution in [0.5, 0.6) is 0 Å².